The Balaban J connectivity index is 2.35. The van der Waals surface area contributed by atoms with E-state index < -0.39 is 0 Å². The normalized spacial score (nSPS) is 11.9. The summed E-state index contributed by atoms with van der Waals surface area (Å²) in [6, 6.07) is 2.06. The van der Waals surface area contributed by atoms with Crippen LogP contribution in [0, 0.1) is 17.8 Å². The molecule has 0 radical (unpaired) electrons. The van der Waals surface area contributed by atoms with E-state index in [1.54, 1.807) is 11.3 Å². The van der Waals surface area contributed by atoms with Crippen molar-refractivity contribution in [3.8, 4) is 11.8 Å². The first kappa shape index (κ1) is 13.6. The van der Waals surface area contributed by atoms with Gasteiger partial charge in [-0.3, -0.25) is 0 Å². The van der Waals surface area contributed by atoms with Crippen molar-refractivity contribution in [2.45, 2.75) is 12.7 Å². The molecule has 4 heteroatoms. The molecule has 2 nitrogen and oxygen atoms in total. The molecule has 1 atom stereocenters. The van der Waals surface area contributed by atoms with Crippen molar-refractivity contribution in [1.29, 1.82) is 0 Å². The fourth-order valence-electron chi connectivity index (χ4n) is 1.08. The van der Waals surface area contributed by atoms with Crippen LogP contribution in [-0.4, -0.2) is 29.2 Å². The number of aliphatic hydroxyl groups is 2. The van der Waals surface area contributed by atoms with Crippen LogP contribution in [0.3, 0.4) is 0 Å². The molecule has 0 saturated heterocycles. The van der Waals surface area contributed by atoms with E-state index in [9.17, 15) is 0 Å². The monoisotopic (exact) mass is 256 g/mol. The molecular formula is C12H16O2S2. The van der Waals surface area contributed by atoms with Gasteiger partial charge in [-0.2, -0.15) is 11.8 Å². The fourth-order valence-corrected chi connectivity index (χ4v) is 3.11. The highest BCUT2D eigenvalue weighted by Crippen LogP contribution is 2.21. The third-order valence-electron chi connectivity index (χ3n) is 1.92. The lowest BCUT2D eigenvalue weighted by Gasteiger charge is -2.05. The molecule has 88 valence electrons. The third kappa shape index (κ3) is 5.04. The zero-order valence-electron chi connectivity index (χ0n) is 9.27. The summed E-state index contributed by atoms with van der Waals surface area (Å²) >= 11 is 3.52. The summed E-state index contributed by atoms with van der Waals surface area (Å²) in [5.74, 6) is 7.83. The highest BCUT2D eigenvalue weighted by Gasteiger charge is 2.02. The van der Waals surface area contributed by atoms with Gasteiger partial charge < -0.3 is 10.2 Å². The van der Waals surface area contributed by atoms with Crippen molar-refractivity contribution in [1.82, 2.24) is 0 Å². The van der Waals surface area contributed by atoms with Gasteiger partial charge in [0.15, 0.2) is 0 Å². The molecule has 1 aromatic heterocycles. The molecule has 0 spiro atoms. The van der Waals surface area contributed by atoms with E-state index >= 15 is 0 Å². The molecule has 2 N–H and O–H groups in total. The standard InChI is InChI=1S/C12H16O2S2/c1-10(6-14)7-15-9-12-5-11(8-16-12)3-2-4-13/h5,8,10,13-14H,4,6-7,9H2,1H3. The molecular weight excluding hydrogens is 240 g/mol. The predicted octanol–water partition coefficient (Wildman–Crippen LogP) is 1.95. The second-order valence-electron chi connectivity index (χ2n) is 3.56. The summed E-state index contributed by atoms with van der Waals surface area (Å²) in [5.41, 5.74) is 0.977. The quantitative estimate of drug-likeness (QED) is 0.791. The largest absolute Gasteiger partial charge is 0.396 e. The summed E-state index contributed by atoms with van der Waals surface area (Å²) in [4.78, 5) is 1.29. The van der Waals surface area contributed by atoms with Crippen LogP contribution < -0.4 is 0 Å². The molecule has 0 saturated carbocycles. The summed E-state index contributed by atoms with van der Waals surface area (Å²) in [7, 11) is 0. The van der Waals surface area contributed by atoms with Gasteiger partial charge in [-0.15, -0.1) is 11.3 Å². The zero-order valence-corrected chi connectivity index (χ0v) is 10.9. The average molecular weight is 256 g/mol. The van der Waals surface area contributed by atoms with Crippen LogP contribution in [-0.2, 0) is 5.75 Å². The maximum atomic E-state index is 8.88. The lowest BCUT2D eigenvalue weighted by molar-refractivity contribution is 0.250. The van der Waals surface area contributed by atoms with Crippen LogP contribution in [0.5, 0.6) is 0 Å². The molecule has 1 unspecified atom stereocenters. The van der Waals surface area contributed by atoms with Crippen molar-refractivity contribution in [2.75, 3.05) is 19.0 Å². The highest BCUT2D eigenvalue weighted by atomic mass is 32.2. The molecule has 1 aromatic rings. The predicted molar refractivity (Wildman–Crippen MR) is 70.7 cm³/mol. The van der Waals surface area contributed by atoms with Crippen LogP contribution in [0.2, 0.25) is 0 Å². The number of hydrogen-bond acceptors (Lipinski definition) is 4. The molecule has 16 heavy (non-hydrogen) atoms. The molecule has 0 amide bonds. The molecule has 1 heterocycles. The van der Waals surface area contributed by atoms with E-state index in [1.807, 2.05) is 24.1 Å². The zero-order chi connectivity index (χ0) is 11.8. The van der Waals surface area contributed by atoms with Gasteiger partial charge in [0.25, 0.3) is 0 Å². The van der Waals surface area contributed by atoms with Gasteiger partial charge in [0.2, 0.25) is 0 Å². The number of rotatable bonds is 5. The first-order valence-corrected chi connectivity index (χ1v) is 7.15. The fraction of sp³-hybridized carbons (Fsp3) is 0.500. The SMILES string of the molecule is CC(CO)CSCc1cc(C#CCO)cs1. The number of thioether (sulfide) groups is 1. The molecule has 0 fully saturated rings. The van der Waals surface area contributed by atoms with E-state index in [0.717, 1.165) is 17.1 Å². The summed E-state index contributed by atoms with van der Waals surface area (Å²) in [6.45, 7) is 2.21. The van der Waals surface area contributed by atoms with Crippen LogP contribution >= 0.6 is 23.1 Å². The maximum Gasteiger partial charge on any atom is 0.104 e. The molecule has 0 aliphatic heterocycles. The van der Waals surface area contributed by atoms with E-state index in [4.69, 9.17) is 10.2 Å². The summed E-state index contributed by atoms with van der Waals surface area (Å²) in [6.07, 6.45) is 0. The van der Waals surface area contributed by atoms with Crippen LogP contribution in [0.15, 0.2) is 11.4 Å². The Morgan fingerprint density at radius 3 is 3.00 bits per heavy atom. The molecule has 0 bridgehead atoms. The van der Waals surface area contributed by atoms with Crippen molar-refractivity contribution >= 4 is 23.1 Å². The van der Waals surface area contributed by atoms with E-state index in [2.05, 4.69) is 17.9 Å². The van der Waals surface area contributed by atoms with Crippen molar-refractivity contribution in [2.24, 2.45) is 5.92 Å². The first-order valence-electron chi connectivity index (χ1n) is 5.12. The molecule has 0 aliphatic carbocycles. The average Bonchev–Trinajstić information content (AvgIpc) is 2.74. The van der Waals surface area contributed by atoms with Gasteiger partial charge in [-0.1, -0.05) is 18.8 Å². The van der Waals surface area contributed by atoms with E-state index in [-0.39, 0.29) is 13.2 Å². The Hall–Kier alpha value is -0.470. The van der Waals surface area contributed by atoms with Gasteiger partial charge in [0.1, 0.15) is 6.61 Å². The van der Waals surface area contributed by atoms with Gasteiger partial charge in [0, 0.05) is 28.2 Å². The van der Waals surface area contributed by atoms with Gasteiger partial charge in [0.05, 0.1) is 0 Å². The molecule has 1 rings (SSSR count). The van der Waals surface area contributed by atoms with Crippen LogP contribution in [0.4, 0.5) is 0 Å². The Morgan fingerprint density at radius 2 is 2.31 bits per heavy atom. The van der Waals surface area contributed by atoms with Gasteiger partial charge in [-0.05, 0) is 17.7 Å². The lowest BCUT2D eigenvalue weighted by Crippen LogP contribution is -2.03. The van der Waals surface area contributed by atoms with E-state index in [0.29, 0.717) is 5.92 Å². The third-order valence-corrected chi connectivity index (χ3v) is 4.36. The Kier molecular flexibility index (Phi) is 6.58. The first-order chi connectivity index (χ1) is 7.76. The van der Waals surface area contributed by atoms with E-state index in [1.165, 1.54) is 4.88 Å². The number of thiophene rings is 1. The second kappa shape index (κ2) is 7.75. The van der Waals surface area contributed by atoms with Crippen molar-refractivity contribution < 1.29 is 10.2 Å². The summed E-state index contributed by atoms with van der Waals surface area (Å²) < 4.78 is 0. The highest BCUT2D eigenvalue weighted by molar-refractivity contribution is 7.98. The topological polar surface area (TPSA) is 40.5 Å². The second-order valence-corrected chi connectivity index (χ2v) is 5.59. The van der Waals surface area contributed by atoms with Gasteiger partial charge in [-0.25, -0.2) is 0 Å². The lowest BCUT2D eigenvalue weighted by atomic mass is 10.2. The maximum absolute atomic E-state index is 8.88. The minimum absolute atomic E-state index is 0.0893. The smallest absolute Gasteiger partial charge is 0.104 e. The van der Waals surface area contributed by atoms with Crippen molar-refractivity contribution in [3.63, 3.8) is 0 Å². The minimum atomic E-state index is -0.0893. The number of hydrogen-bond donors (Lipinski definition) is 2. The summed E-state index contributed by atoms with van der Waals surface area (Å²) in [5, 5.41) is 19.5. The van der Waals surface area contributed by atoms with Crippen molar-refractivity contribution in [3.05, 3.63) is 21.9 Å². The molecule has 0 aromatic carbocycles. The van der Waals surface area contributed by atoms with Gasteiger partial charge >= 0.3 is 0 Å². The Bertz CT molecular complexity index is 363. The molecule has 0 aliphatic rings. The Morgan fingerprint density at radius 1 is 1.50 bits per heavy atom. The number of aliphatic hydroxyl groups excluding tert-OH is 2. The minimum Gasteiger partial charge on any atom is -0.396 e. The van der Waals surface area contributed by atoms with Crippen LogP contribution in [0.25, 0.3) is 0 Å². The van der Waals surface area contributed by atoms with Crippen LogP contribution in [0.1, 0.15) is 17.4 Å². The Labute approximate surface area is 105 Å².